The summed E-state index contributed by atoms with van der Waals surface area (Å²) >= 11 is 11.9. The Bertz CT molecular complexity index is 719. The first-order valence-electron chi connectivity index (χ1n) is 7.52. The maximum absolute atomic E-state index is 12.2. The van der Waals surface area contributed by atoms with Crippen molar-refractivity contribution in [3.05, 3.63) is 51.6 Å². The molecule has 1 aliphatic heterocycles. The predicted molar refractivity (Wildman–Crippen MR) is 92.7 cm³/mol. The van der Waals surface area contributed by atoms with E-state index in [1.807, 2.05) is 0 Å². The van der Waals surface area contributed by atoms with Crippen molar-refractivity contribution in [2.75, 3.05) is 31.2 Å². The molecule has 126 valence electrons. The molecule has 0 aliphatic carbocycles. The van der Waals surface area contributed by atoms with Crippen molar-refractivity contribution in [1.82, 2.24) is 15.5 Å². The Labute approximate surface area is 149 Å². The van der Waals surface area contributed by atoms with Crippen molar-refractivity contribution in [1.29, 1.82) is 0 Å². The van der Waals surface area contributed by atoms with Crippen LogP contribution < -0.4 is 10.2 Å². The topological polar surface area (TPSA) is 67.4 Å². The largest absolute Gasteiger partial charge is 0.378 e. The van der Waals surface area contributed by atoms with E-state index in [9.17, 15) is 4.79 Å². The van der Waals surface area contributed by atoms with Crippen LogP contribution in [0.15, 0.2) is 30.3 Å². The molecule has 6 nitrogen and oxygen atoms in total. The van der Waals surface area contributed by atoms with E-state index in [0.29, 0.717) is 29.8 Å². The molecule has 8 heteroatoms. The summed E-state index contributed by atoms with van der Waals surface area (Å²) in [5, 5.41) is 12.0. The second-order valence-corrected chi connectivity index (χ2v) is 6.14. The molecule has 1 N–H and O–H groups in total. The molecule has 1 fully saturated rings. The minimum Gasteiger partial charge on any atom is -0.378 e. The number of rotatable bonds is 4. The summed E-state index contributed by atoms with van der Waals surface area (Å²) in [6, 6.07) is 8.60. The lowest BCUT2D eigenvalue weighted by atomic mass is 10.2. The Hall–Kier alpha value is -1.89. The normalized spacial score (nSPS) is 14.5. The Morgan fingerprint density at radius 1 is 1.17 bits per heavy atom. The van der Waals surface area contributed by atoms with E-state index in [4.69, 9.17) is 27.9 Å². The van der Waals surface area contributed by atoms with Crippen LogP contribution in [0, 0.1) is 0 Å². The van der Waals surface area contributed by atoms with Gasteiger partial charge < -0.3 is 15.0 Å². The molecule has 3 rings (SSSR count). The molecule has 2 heterocycles. The Morgan fingerprint density at radius 3 is 2.62 bits per heavy atom. The van der Waals surface area contributed by atoms with Crippen molar-refractivity contribution < 1.29 is 9.53 Å². The first kappa shape index (κ1) is 17.0. The Balaban J connectivity index is 1.60. The molecule has 0 atom stereocenters. The molecule has 1 amide bonds. The number of carbonyl (C=O) groups excluding carboxylic acids is 1. The van der Waals surface area contributed by atoms with E-state index in [0.717, 1.165) is 24.5 Å². The minimum absolute atomic E-state index is 0.261. The quantitative estimate of drug-likeness (QED) is 0.900. The molecule has 0 bridgehead atoms. The van der Waals surface area contributed by atoms with Gasteiger partial charge in [-0.15, -0.1) is 10.2 Å². The van der Waals surface area contributed by atoms with E-state index in [-0.39, 0.29) is 11.6 Å². The van der Waals surface area contributed by atoms with Crippen molar-refractivity contribution in [2.24, 2.45) is 0 Å². The van der Waals surface area contributed by atoms with Crippen molar-refractivity contribution in [3.8, 4) is 0 Å². The molecule has 2 aromatic rings. The maximum atomic E-state index is 12.2. The number of hydrogen-bond acceptors (Lipinski definition) is 5. The van der Waals surface area contributed by atoms with Gasteiger partial charge in [0, 0.05) is 29.7 Å². The molecule has 1 aromatic heterocycles. The number of ether oxygens (including phenoxy) is 1. The molecule has 0 spiro atoms. The monoisotopic (exact) mass is 366 g/mol. The number of aromatic nitrogens is 2. The van der Waals surface area contributed by atoms with Gasteiger partial charge in [0.05, 0.1) is 13.2 Å². The van der Waals surface area contributed by atoms with Crippen molar-refractivity contribution in [2.45, 2.75) is 6.54 Å². The molecule has 0 radical (unpaired) electrons. The predicted octanol–water partition coefficient (Wildman–Crippen LogP) is 2.55. The second kappa shape index (κ2) is 7.79. The fourth-order valence-electron chi connectivity index (χ4n) is 2.34. The highest BCUT2D eigenvalue weighted by atomic mass is 35.5. The number of morpholine rings is 1. The third kappa shape index (κ3) is 4.14. The van der Waals surface area contributed by atoms with E-state index in [2.05, 4.69) is 20.4 Å². The lowest BCUT2D eigenvalue weighted by Crippen LogP contribution is -2.37. The lowest BCUT2D eigenvalue weighted by molar-refractivity contribution is 0.0944. The SMILES string of the molecule is O=C(NCc1ccc(Cl)cc1Cl)c1ccc(N2CCOCC2)nn1. The number of nitrogens with one attached hydrogen (secondary N) is 1. The van der Waals surface area contributed by atoms with Crippen LogP contribution >= 0.6 is 23.2 Å². The first-order chi connectivity index (χ1) is 11.6. The van der Waals surface area contributed by atoms with Gasteiger partial charge >= 0.3 is 0 Å². The van der Waals surface area contributed by atoms with Crippen LogP contribution in [0.1, 0.15) is 16.1 Å². The smallest absolute Gasteiger partial charge is 0.272 e. The highest BCUT2D eigenvalue weighted by molar-refractivity contribution is 6.35. The standard InChI is InChI=1S/C16H16Cl2N4O2/c17-12-2-1-11(13(18)9-12)10-19-16(23)14-3-4-15(21-20-14)22-5-7-24-8-6-22/h1-4,9H,5-8,10H2,(H,19,23). The van der Waals surface area contributed by atoms with Crippen LogP contribution in [0.3, 0.4) is 0 Å². The first-order valence-corrected chi connectivity index (χ1v) is 8.27. The third-order valence-electron chi connectivity index (χ3n) is 3.67. The van der Waals surface area contributed by atoms with Gasteiger partial charge in [0.25, 0.3) is 5.91 Å². The van der Waals surface area contributed by atoms with Gasteiger partial charge in [0.1, 0.15) is 0 Å². The molecular formula is C16H16Cl2N4O2. The second-order valence-electron chi connectivity index (χ2n) is 5.29. The van der Waals surface area contributed by atoms with Gasteiger partial charge in [-0.3, -0.25) is 4.79 Å². The average molecular weight is 367 g/mol. The number of benzene rings is 1. The Kier molecular flexibility index (Phi) is 5.50. The third-order valence-corrected chi connectivity index (χ3v) is 4.26. The molecule has 1 aromatic carbocycles. The summed E-state index contributed by atoms with van der Waals surface area (Å²) in [7, 11) is 0. The molecule has 1 saturated heterocycles. The fraction of sp³-hybridized carbons (Fsp3) is 0.312. The van der Waals surface area contributed by atoms with E-state index >= 15 is 0 Å². The van der Waals surface area contributed by atoms with Crippen molar-refractivity contribution >= 4 is 34.9 Å². The van der Waals surface area contributed by atoms with Crippen LogP contribution in [0.4, 0.5) is 5.82 Å². The summed E-state index contributed by atoms with van der Waals surface area (Å²) in [5.41, 5.74) is 1.05. The summed E-state index contributed by atoms with van der Waals surface area (Å²) in [5.74, 6) is 0.442. The zero-order valence-corrected chi connectivity index (χ0v) is 14.3. The average Bonchev–Trinajstić information content (AvgIpc) is 2.62. The maximum Gasteiger partial charge on any atom is 0.272 e. The number of nitrogens with zero attached hydrogens (tertiary/aromatic N) is 3. The van der Waals surface area contributed by atoms with Gasteiger partial charge in [0.15, 0.2) is 11.5 Å². The molecule has 1 aliphatic rings. The van der Waals surface area contributed by atoms with E-state index in [1.165, 1.54) is 0 Å². The lowest BCUT2D eigenvalue weighted by Gasteiger charge is -2.27. The summed E-state index contributed by atoms with van der Waals surface area (Å²) in [6.45, 7) is 3.18. The van der Waals surface area contributed by atoms with Crippen LogP contribution in [-0.4, -0.2) is 42.4 Å². The number of carbonyl (C=O) groups is 1. The van der Waals surface area contributed by atoms with Gasteiger partial charge in [-0.1, -0.05) is 29.3 Å². The zero-order valence-electron chi connectivity index (χ0n) is 12.8. The summed E-state index contributed by atoms with van der Waals surface area (Å²) in [6.07, 6.45) is 0. The fourth-order valence-corrected chi connectivity index (χ4v) is 2.81. The number of halogens is 2. The van der Waals surface area contributed by atoms with Crippen LogP contribution in [0.2, 0.25) is 10.0 Å². The van der Waals surface area contributed by atoms with Crippen LogP contribution in [0.25, 0.3) is 0 Å². The molecule has 0 saturated carbocycles. The summed E-state index contributed by atoms with van der Waals surface area (Å²) in [4.78, 5) is 14.2. The van der Waals surface area contributed by atoms with Gasteiger partial charge in [-0.25, -0.2) is 0 Å². The number of anilines is 1. The van der Waals surface area contributed by atoms with Gasteiger partial charge in [0.2, 0.25) is 0 Å². The van der Waals surface area contributed by atoms with Crippen LogP contribution in [0.5, 0.6) is 0 Å². The molecule has 24 heavy (non-hydrogen) atoms. The minimum atomic E-state index is -0.304. The van der Waals surface area contributed by atoms with E-state index < -0.39 is 0 Å². The number of amides is 1. The van der Waals surface area contributed by atoms with Crippen LogP contribution in [-0.2, 0) is 11.3 Å². The number of hydrogen-bond donors (Lipinski definition) is 1. The van der Waals surface area contributed by atoms with Gasteiger partial charge in [-0.05, 0) is 29.8 Å². The molecular weight excluding hydrogens is 351 g/mol. The van der Waals surface area contributed by atoms with Crippen molar-refractivity contribution in [3.63, 3.8) is 0 Å². The highest BCUT2D eigenvalue weighted by Gasteiger charge is 2.14. The highest BCUT2D eigenvalue weighted by Crippen LogP contribution is 2.20. The summed E-state index contributed by atoms with van der Waals surface area (Å²) < 4.78 is 5.30. The molecule has 0 unspecified atom stereocenters. The zero-order chi connectivity index (χ0) is 16.9. The van der Waals surface area contributed by atoms with Gasteiger partial charge in [-0.2, -0.15) is 0 Å². The van der Waals surface area contributed by atoms with E-state index in [1.54, 1.807) is 30.3 Å². The Morgan fingerprint density at radius 2 is 1.96 bits per heavy atom.